The van der Waals surface area contributed by atoms with Crippen LogP contribution in [0.5, 0.6) is 0 Å². The molecule has 0 amide bonds. The van der Waals surface area contributed by atoms with Crippen molar-refractivity contribution in [2.24, 2.45) is 12.8 Å². The van der Waals surface area contributed by atoms with Gasteiger partial charge >= 0.3 is 0 Å². The van der Waals surface area contributed by atoms with Gasteiger partial charge in [-0.05, 0) is 18.4 Å². The second kappa shape index (κ2) is 6.02. The monoisotopic (exact) mass is 257 g/mol. The van der Waals surface area contributed by atoms with Crippen LogP contribution in [0.1, 0.15) is 37.6 Å². The summed E-state index contributed by atoms with van der Waals surface area (Å²) >= 11 is 0. The van der Waals surface area contributed by atoms with E-state index >= 15 is 0 Å². The number of aryl methyl sites for hydroxylation is 2. The molecule has 0 aliphatic rings. The van der Waals surface area contributed by atoms with Gasteiger partial charge in [-0.15, -0.1) is 0 Å². The number of hydrogen-bond acceptors (Lipinski definition) is 2. The molecule has 1 heterocycles. The molecule has 0 spiro atoms. The van der Waals surface area contributed by atoms with Gasteiger partial charge in [-0.1, -0.05) is 43.7 Å². The second-order valence-electron chi connectivity index (χ2n) is 5.23. The molecular weight excluding hydrogens is 234 g/mol. The third-order valence-corrected chi connectivity index (χ3v) is 3.76. The lowest BCUT2D eigenvalue weighted by atomic mass is 9.82. The maximum atomic E-state index is 6.66. The van der Waals surface area contributed by atoms with E-state index in [1.165, 1.54) is 5.56 Å². The van der Waals surface area contributed by atoms with Crippen LogP contribution in [-0.2, 0) is 19.0 Å². The highest BCUT2D eigenvalue weighted by Gasteiger charge is 2.26. The number of imidazole rings is 1. The zero-order valence-electron chi connectivity index (χ0n) is 11.8. The molecular formula is C16H23N3. The summed E-state index contributed by atoms with van der Waals surface area (Å²) in [5, 5.41) is 0. The topological polar surface area (TPSA) is 43.8 Å². The predicted molar refractivity (Wildman–Crippen MR) is 78.7 cm³/mol. The molecule has 0 aliphatic carbocycles. The lowest BCUT2D eigenvalue weighted by Crippen LogP contribution is -2.37. The summed E-state index contributed by atoms with van der Waals surface area (Å²) in [5.74, 6) is 1.10. The van der Waals surface area contributed by atoms with Crippen LogP contribution in [0.2, 0.25) is 0 Å². The molecule has 0 saturated carbocycles. The van der Waals surface area contributed by atoms with E-state index in [1.54, 1.807) is 0 Å². The van der Waals surface area contributed by atoms with Crippen molar-refractivity contribution in [1.29, 1.82) is 0 Å². The van der Waals surface area contributed by atoms with Crippen molar-refractivity contribution in [1.82, 2.24) is 9.55 Å². The maximum absolute atomic E-state index is 6.66. The molecule has 3 heteroatoms. The molecule has 19 heavy (non-hydrogen) atoms. The number of rotatable bonds is 6. The van der Waals surface area contributed by atoms with Crippen LogP contribution in [0, 0.1) is 0 Å². The molecule has 3 nitrogen and oxygen atoms in total. The molecule has 0 saturated heterocycles. The molecule has 1 aromatic heterocycles. The smallest absolute Gasteiger partial charge is 0.108 e. The van der Waals surface area contributed by atoms with Crippen molar-refractivity contribution < 1.29 is 0 Å². The van der Waals surface area contributed by atoms with Gasteiger partial charge in [0.2, 0.25) is 0 Å². The first-order chi connectivity index (χ1) is 9.15. The van der Waals surface area contributed by atoms with E-state index < -0.39 is 0 Å². The Morgan fingerprint density at radius 2 is 1.95 bits per heavy atom. The van der Waals surface area contributed by atoms with E-state index in [4.69, 9.17) is 5.73 Å². The molecule has 0 radical (unpaired) electrons. The summed E-state index contributed by atoms with van der Waals surface area (Å²) in [6.45, 7) is 2.19. The first-order valence-corrected chi connectivity index (χ1v) is 6.96. The van der Waals surface area contributed by atoms with Crippen LogP contribution < -0.4 is 5.73 Å². The van der Waals surface area contributed by atoms with Crippen LogP contribution >= 0.6 is 0 Å². The average molecular weight is 257 g/mol. The molecule has 1 atom stereocenters. The minimum Gasteiger partial charge on any atom is -0.338 e. The van der Waals surface area contributed by atoms with Crippen LogP contribution in [-0.4, -0.2) is 9.55 Å². The Morgan fingerprint density at radius 1 is 1.21 bits per heavy atom. The third-order valence-electron chi connectivity index (χ3n) is 3.76. The highest BCUT2D eigenvalue weighted by Crippen LogP contribution is 2.28. The molecule has 0 aliphatic heterocycles. The van der Waals surface area contributed by atoms with Crippen LogP contribution in [0.3, 0.4) is 0 Å². The summed E-state index contributed by atoms with van der Waals surface area (Å²) in [7, 11) is 2.03. The Bertz CT molecular complexity index is 504. The first kappa shape index (κ1) is 13.8. The highest BCUT2D eigenvalue weighted by atomic mass is 15.0. The molecule has 2 aromatic rings. The third kappa shape index (κ3) is 3.24. The molecule has 1 aromatic carbocycles. The molecule has 0 fully saturated rings. The van der Waals surface area contributed by atoms with Crippen molar-refractivity contribution in [3.63, 3.8) is 0 Å². The Morgan fingerprint density at radius 3 is 2.53 bits per heavy atom. The fraction of sp³-hybridized carbons (Fsp3) is 0.438. The molecule has 2 N–H and O–H groups in total. The number of benzene rings is 1. The average Bonchev–Trinajstić information content (AvgIpc) is 2.83. The van der Waals surface area contributed by atoms with Gasteiger partial charge < -0.3 is 10.3 Å². The van der Waals surface area contributed by atoms with Gasteiger partial charge in [-0.25, -0.2) is 4.98 Å². The van der Waals surface area contributed by atoms with Crippen LogP contribution in [0.15, 0.2) is 42.7 Å². The van der Waals surface area contributed by atoms with E-state index in [1.807, 2.05) is 25.5 Å². The Labute approximate surface area is 115 Å². The summed E-state index contributed by atoms with van der Waals surface area (Å²) < 4.78 is 2.07. The number of nitrogens with zero attached hydrogens (tertiary/aromatic N) is 2. The predicted octanol–water partition coefficient (Wildman–Crippen LogP) is 3.01. The zero-order valence-corrected chi connectivity index (χ0v) is 11.8. The van der Waals surface area contributed by atoms with Gasteiger partial charge in [-0.3, -0.25) is 0 Å². The minimum atomic E-state index is -0.248. The number of nitrogens with two attached hydrogens (primary N) is 1. The van der Waals surface area contributed by atoms with Gasteiger partial charge in [-0.2, -0.15) is 0 Å². The summed E-state index contributed by atoms with van der Waals surface area (Å²) in [5.41, 5.74) is 7.64. The van der Waals surface area contributed by atoms with E-state index in [0.29, 0.717) is 0 Å². The molecule has 102 valence electrons. The van der Waals surface area contributed by atoms with Crippen molar-refractivity contribution >= 4 is 0 Å². The normalized spacial score (nSPS) is 14.3. The molecule has 0 bridgehead atoms. The standard InChI is InChI=1S/C16H23N3/c1-3-10-16(17,14-7-5-4-6-8-14)11-9-15-18-12-13-19(15)2/h4-8,12-13H,3,9-11,17H2,1-2H3. The van der Waals surface area contributed by atoms with Crippen LogP contribution in [0.25, 0.3) is 0 Å². The van der Waals surface area contributed by atoms with Gasteiger partial charge in [0.1, 0.15) is 5.82 Å². The van der Waals surface area contributed by atoms with Gasteiger partial charge in [0.15, 0.2) is 0 Å². The molecule has 2 rings (SSSR count). The first-order valence-electron chi connectivity index (χ1n) is 6.96. The summed E-state index contributed by atoms with van der Waals surface area (Å²) in [4.78, 5) is 4.38. The fourth-order valence-corrected chi connectivity index (χ4v) is 2.60. The van der Waals surface area contributed by atoms with Crippen molar-refractivity contribution in [2.45, 2.75) is 38.1 Å². The van der Waals surface area contributed by atoms with Crippen molar-refractivity contribution in [2.75, 3.05) is 0 Å². The minimum absolute atomic E-state index is 0.248. The maximum Gasteiger partial charge on any atom is 0.108 e. The number of hydrogen-bond donors (Lipinski definition) is 1. The van der Waals surface area contributed by atoms with Crippen molar-refractivity contribution in [3.05, 3.63) is 54.1 Å². The Balaban J connectivity index is 2.14. The van der Waals surface area contributed by atoms with Gasteiger partial charge in [0.05, 0.1) is 0 Å². The lowest BCUT2D eigenvalue weighted by molar-refractivity contribution is 0.369. The van der Waals surface area contributed by atoms with E-state index in [-0.39, 0.29) is 5.54 Å². The fourth-order valence-electron chi connectivity index (χ4n) is 2.60. The molecule has 1 unspecified atom stereocenters. The van der Waals surface area contributed by atoms with E-state index in [0.717, 1.165) is 31.5 Å². The van der Waals surface area contributed by atoms with Gasteiger partial charge in [0.25, 0.3) is 0 Å². The lowest BCUT2D eigenvalue weighted by Gasteiger charge is -2.30. The van der Waals surface area contributed by atoms with Crippen molar-refractivity contribution in [3.8, 4) is 0 Å². The van der Waals surface area contributed by atoms with Crippen LogP contribution in [0.4, 0.5) is 0 Å². The second-order valence-corrected chi connectivity index (χ2v) is 5.23. The highest BCUT2D eigenvalue weighted by molar-refractivity contribution is 5.24. The number of aromatic nitrogens is 2. The Kier molecular flexibility index (Phi) is 4.38. The van der Waals surface area contributed by atoms with E-state index in [9.17, 15) is 0 Å². The largest absolute Gasteiger partial charge is 0.338 e. The summed E-state index contributed by atoms with van der Waals surface area (Å²) in [6.07, 6.45) is 7.75. The SMILES string of the molecule is CCCC(N)(CCc1nccn1C)c1ccccc1. The summed E-state index contributed by atoms with van der Waals surface area (Å²) in [6, 6.07) is 10.4. The zero-order chi connectivity index (χ0) is 13.7. The Hall–Kier alpha value is -1.61. The van der Waals surface area contributed by atoms with E-state index in [2.05, 4.69) is 40.7 Å². The quantitative estimate of drug-likeness (QED) is 0.864. The van der Waals surface area contributed by atoms with Gasteiger partial charge in [0, 0.05) is 31.4 Å².